The summed E-state index contributed by atoms with van der Waals surface area (Å²) in [4.78, 5) is 27.5. The van der Waals surface area contributed by atoms with Crippen molar-refractivity contribution in [1.82, 2.24) is 4.90 Å². The van der Waals surface area contributed by atoms with Gasteiger partial charge in [0.1, 0.15) is 12.4 Å². The Morgan fingerprint density at radius 2 is 1.63 bits per heavy atom. The zero-order valence-electron chi connectivity index (χ0n) is 18.4. The van der Waals surface area contributed by atoms with Crippen LogP contribution in [0.15, 0.2) is 89.8 Å². The minimum Gasteiger partial charge on any atom is -0.488 e. The van der Waals surface area contributed by atoms with Gasteiger partial charge in [-0.05, 0) is 70.1 Å². The Morgan fingerprint density at radius 3 is 2.43 bits per heavy atom. The smallest absolute Gasteiger partial charge is 0.293 e. The zero-order valence-corrected chi connectivity index (χ0v) is 20.7. The maximum Gasteiger partial charge on any atom is 0.293 e. The van der Waals surface area contributed by atoms with E-state index < -0.39 is 0 Å². The highest BCUT2D eigenvalue weighted by Crippen LogP contribution is 2.37. The fourth-order valence-corrected chi connectivity index (χ4v) is 5.04. The van der Waals surface area contributed by atoms with E-state index in [2.05, 4.69) is 0 Å². The molecule has 1 saturated heterocycles. The molecule has 1 heterocycles. The number of carbonyl (C=O) groups excluding carboxylic acids is 2. The Labute approximate surface area is 217 Å². The Hall–Kier alpha value is -3.25. The Kier molecular flexibility index (Phi) is 6.82. The fourth-order valence-electron chi connectivity index (χ4n) is 3.88. The Balaban J connectivity index is 1.47. The second-order valence-corrected chi connectivity index (χ2v) is 9.88. The first-order valence-electron chi connectivity index (χ1n) is 10.9. The summed E-state index contributed by atoms with van der Waals surface area (Å²) >= 11 is 13.0. The van der Waals surface area contributed by atoms with Gasteiger partial charge in [-0.2, -0.15) is 0 Å². The van der Waals surface area contributed by atoms with Gasteiger partial charge in [-0.3, -0.25) is 14.5 Å². The third-order valence-electron chi connectivity index (χ3n) is 5.62. The van der Waals surface area contributed by atoms with Crippen molar-refractivity contribution in [1.29, 1.82) is 0 Å². The summed E-state index contributed by atoms with van der Waals surface area (Å²) in [7, 11) is 0. The number of benzene rings is 4. The maximum absolute atomic E-state index is 13.2. The molecule has 0 spiro atoms. The Bertz CT molecular complexity index is 1470. The molecule has 0 bridgehead atoms. The van der Waals surface area contributed by atoms with E-state index in [0.717, 1.165) is 39.2 Å². The number of fused-ring (bicyclic) bond motifs is 1. The highest BCUT2D eigenvalue weighted by atomic mass is 35.5. The van der Waals surface area contributed by atoms with Crippen LogP contribution in [0.25, 0.3) is 16.8 Å². The van der Waals surface area contributed by atoms with E-state index in [4.69, 9.17) is 27.9 Å². The van der Waals surface area contributed by atoms with Gasteiger partial charge in [0, 0.05) is 15.6 Å². The highest BCUT2D eigenvalue weighted by molar-refractivity contribution is 8.18. The summed E-state index contributed by atoms with van der Waals surface area (Å²) in [5.74, 6) is 0.289. The summed E-state index contributed by atoms with van der Waals surface area (Å²) < 4.78 is 6.16. The van der Waals surface area contributed by atoms with Crippen LogP contribution in [0.2, 0.25) is 10.0 Å². The first kappa shape index (κ1) is 23.5. The van der Waals surface area contributed by atoms with E-state index >= 15 is 0 Å². The quantitative estimate of drug-likeness (QED) is 0.242. The van der Waals surface area contributed by atoms with Crippen LogP contribution < -0.4 is 4.74 Å². The Morgan fingerprint density at radius 1 is 0.829 bits per heavy atom. The monoisotopic (exact) mass is 519 g/mol. The van der Waals surface area contributed by atoms with Crippen LogP contribution in [0.5, 0.6) is 5.75 Å². The van der Waals surface area contributed by atoms with E-state index in [1.165, 1.54) is 4.90 Å². The first-order valence-corrected chi connectivity index (χ1v) is 12.4. The summed E-state index contributed by atoms with van der Waals surface area (Å²) in [5, 5.41) is 2.85. The standard InChI is InChI=1S/C28H19Cl2NO3S/c29-21-11-8-18(9-12-21)17-34-25-13-10-20-5-1-2-7-23(20)24(25)15-26-27(32)31(28(33)35-26)16-19-4-3-6-22(30)14-19/h1-15H,16-17H2/b26-15-. The van der Waals surface area contributed by atoms with Crippen LogP contribution in [0.1, 0.15) is 16.7 Å². The second-order valence-electron chi connectivity index (χ2n) is 8.01. The minimum absolute atomic E-state index is 0.165. The molecule has 7 heteroatoms. The number of nitrogens with zero attached hydrogens (tertiary/aromatic N) is 1. The first-order chi connectivity index (χ1) is 17.0. The number of amides is 2. The van der Waals surface area contributed by atoms with Crippen LogP contribution in [-0.4, -0.2) is 16.0 Å². The second kappa shape index (κ2) is 10.2. The van der Waals surface area contributed by atoms with Crippen molar-refractivity contribution in [3.63, 3.8) is 0 Å². The van der Waals surface area contributed by atoms with Crippen LogP contribution in [0.4, 0.5) is 4.79 Å². The zero-order chi connectivity index (χ0) is 24.4. The molecular formula is C28H19Cl2NO3S. The van der Waals surface area contributed by atoms with Crippen molar-refractivity contribution in [2.45, 2.75) is 13.2 Å². The van der Waals surface area contributed by atoms with Gasteiger partial charge in [-0.25, -0.2) is 0 Å². The maximum atomic E-state index is 13.2. The predicted molar refractivity (Wildman–Crippen MR) is 143 cm³/mol. The van der Waals surface area contributed by atoms with Crippen molar-refractivity contribution in [3.05, 3.63) is 117 Å². The molecule has 0 saturated carbocycles. The molecule has 0 unspecified atom stereocenters. The lowest BCUT2D eigenvalue weighted by atomic mass is 10.0. The van der Waals surface area contributed by atoms with Gasteiger partial charge in [-0.1, -0.05) is 77.8 Å². The third-order valence-corrected chi connectivity index (χ3v) is 7.01. The van der Waals surface area contributed by atoms with E-state index in [1.54, 1.807) is 24.3 Å². The fraction of sp³-hybridized carbons (Fsp3) is 0.0714. The van der Waals surface area contributed by atoms with Crippen molar-refractivity contribution in [3.8, 4) is 5.75 Å². The van der Waals surface area contributed by atoms with Crippen LogP contribution >= 0.6 is 35.0 Å². The van der Waals surface area contributed by atoms with Crippen molar-refractivity contribution in [2.75, 3.05) is 0 Å². The molecule has 0 radical (unpaired) electrons. The number of imide groups is 1. The van der Waals surface area contributed by atoms with Gasteiger partial charge in [0.05, 0.1) is 11.4 Å². The largest absolute Gasteiger partial charge is 0.488 e. The molecule has 0 atom stereocenters. The molecule has 4 aromatic rings. The molecule has 0 aliphatic carbocycles. The van der Waals surface area contributed by atoms with Crippen molar-refractivity contribution >= 4 is 63.0 Å². The van der Waals surface area contributed by atoms with Gasteiger partial charge >= 0.3 is 0 Å². The number of hydrogen-bond acceptors (Lipinski definition) is 4. The number of rotatable bonds is 6. The predicted octanol–water partition coefficient (Wildman–Crippen LogP) is 7.96. The number of carbonyl (C=O) groups is 2. The SMILES string of the molecule is O=C1S/C(=C\c2c(OCc3ccc(Cl)cc3)ccc3ccccc23)C(=O)N1Cc1cccc(Cl)c1. The number of hydrogen-bond donors (Lipinski definition) is 0. The normalized spacial score (nSPS) is 14.8. The molecule has 174 valence electrons. The number of halogens is 2. The molecule has 5 rings (SSSR count). The van der Waals surface area contributed by atoms with E-state index in [1.807, 2.05) is 66.7 Å². The van der Waals surface area contributed by atoms with Crippen molar-refractivity contribution < 1.29 is 14.3 Å². The summed E-state index contributed by atoms with van der Waals surface area (Å²) in [6.07, 6.45) is 1.75. The molecule has 0 N–H and O–H groups in total. The molecule has 35 heavy (non-hydrogen) atoms. The molecule has 1 aliphatic heterocycles. The molecule has 4 nitrogen and oxygen atoms in total. The summed E-state index contributed by atoms with van der Waals surface area (Å²) in [6, 6.07) is 26.3. The van der Waals surface area contributed by atoms with Gasteiger partial charge < -0.3 is 4.74 Å². The number of ether oxygens (including phenoxy) is 1. The van der Waals surface area contributed by atoms with Crippen LogP contribution in [0, 0.1) is 0 Å². The third kappa shape index (κ3) is 5.22. The molecule has 1 aliphatic rings. The lowest BCUT2D eigenvalue weighted by Gasteiger charge is -2.14. The lowest BCUT2D eigenvalue weighted by Crippen LogP contribution is -2.27. The van der Waals surface area contributed by atoms with Crippen molar-refractivity contribution in [2.24, 2.45) is 0 Å². The highest BCUT2D eigenvalue weighted by Gasteiger charge is 2.35. The molecular weight excluding hydrogens is 501 g/mol. The van der Waals surface area contributed by atoms with Gasteiger partial charge in [0.15, 0.2) is 0 Å². The van der Waals surface area contributed by atoms with Gasteiger partial charge in [0.25, 0.3) is 11.1 Å². The lowest BCUT2D eigenvalue weighted by molar-refractivity contribution is -0.123. The molecule has 1 fully saturated rings. The van der Waals surface area contributed by atoms with Crippen LogP contribution in [0.3, 0.4) is 0 Å². The van der Waals surface area contributed by atoms with E-state index in [-0.39, 0.29) is 17.7 Å². The molecule has 2 amide bonds. The van der Waals surface area contributed by atoms with E-state index in [9.17, 15) is 9.59 Å². The molecule has 0 aromatic heterocycles. The molecule has 4 aromatic carbocycles. The number of thioether (sulfide) groups is 1. The van der Waals surface area contributed by atoms with E-state index in [0.29, 0.717) is 27.3 Å². The summed E-state index contributed by atoms with van der Waals surface area (Å²) in [5.41, 5.74) is 2.51. The average Bonchev–Trinajstić information content (AvgIpc) is 3.12. The average molecular weight is 520 g/mol. The topological polar surface area (TPSA) is 46.6 Å². The van der Waals surface area contributed by atoms with Gasteiger partial charge in [-0.15, -0.1) is 0 Å². The minimum atomic E-state index is -0.337. The van der Waals surface area contributed by atoms with Crippen LogP contribution in [-0.2, 0) is 17.9 Å². The van der Waals surface area contributed by atoms with Gasteiger partial charge in [0.2, 0.25) is 0 Å². The summed E-state index contributed by atoms with van der Waals surface area (Å²) in [6.45, 7) is 0.505.